The molecule has 11 rings (SSSR count). The summed E-state index contributed by atoms with van der Waals surface area (Å²) in [6.45, 7) is 19.3. The molecule has 2 unspecified atom stereocenters. The van der Waals surface area contributed by atoms with Gasteiger partial charge in [-0.05, 0) is 168 Å². The van der Waals surface area contributed by atoms with E-state index < -0.39 is 0 Å². The summed E-state index contributed by atoms with van der Waals surface area (Å²) in [6, 6.07) is 48.6. The van der Waals surface area contributed by atoms with Gasteiger partial charge in [-0.25, -0.2) is 0 Å². The Morgan fingerprint density at radius 1 is 0.532 bits per heavy atom. The second-order valence-electron chi connectivity index (χ2n) is 21.2. The van der Waals surface area contributed by atoms with Crippen molar-refractivity contribution in [2.45, 2.75) is 109 Å². The maximum Gasteiger partial charge on any atom is 0.0448 e. The molecule has 0 bridgehead atoms. The molecule has 2 atom stereocenters. The smallest absolute Gasteiger partial charge is 0.0448 e. The fraction of sp³-hybridized carbons (Fsp3) is 0.300. The quantitative estimate of drug-likeness (QED) is 0.160. The Labute approximate surface area is 370 Å². The highest BCUT2D eigenvalue weighted by Crippen LogP contribution is 2.55. The fourth-order valence-corrected chi connectivity index (χ4v) is 12.1. The molecular formula is C60H60N2. The lowest BCUT2D eigenvalue weighted by atomic mass is 9.73. The van der Waals surface area contributed by atoms with Crippen LogP contribution in [-0.2, 0) is 23.7 Å². The number of rotatable bonds is 5. The summed E-state index contributed by atoms with van der Waals surface area (Å²) in [5, 5.41) is 0. The zero-order valence-corrected chi connectivity index (χ0v) is 37.9. The van der Waals surface area contributed by atoms with Gasteiger partial charge in [-0.3, -0.25) is 0 Å². The molecule has 2 aliphatic heterocycles. The molecule has 62 heavy (non-hydrogen) atoms. The summed E-state index contributed by atoms with van der Waals surface area (Å²) >= 11 is 0. The summed E-state index contributed by atoms with van der Waals surface area (Å²) in [5.41, 5.74) is 21.8. The molecule has 0 radical (unpaired) electrons. The predicted octanol–water partition coefficient (Wildman–Crippen LogP) is 15.4. The van der Waals surface area contributed by atoms with E-state index in [0.29, 0.717) is 11.8 Å². The van der Waals surface area contributed by atoms with Gasteiger partial charge < -0.3 is 9.80 Å². The van der Waals surface area contributed by atoms with Crippen LogP contribution in [-0.4, -0.2) is 11.1 Å². The van der Waals surface area contributed by atoms with E-state index in [0.717, 1.165) is 25.7 Å². The molecule has 2 heterocycles. The Hall–Kier alpha value is -5.86. The third-order valence-electron chi connectivity index (χ3n) is 15.7. The van der Waals surface area contributed by atoms with E-state index in [-0.39, 0.29) is 21.9 Å². The minimum absolute atomic E-state index is 0.0139. The molecule has 0 saturated heterocycles. The summed E-state index contributed by atoms with van der Waals surface area (Å²) in [5.74, 6) is 0.808. The van der Waals surface area contributed by atoms with Crippen molar-refractivity contribution in [1.82, 2.24) is 0 Å². The molecule has 0 N–H and O–H groups in total. The van der Waals surface area contributed by atoms with Crippen molar-refractivity contribution < 1.29 is 0 Å². The van der Waals surface area contributed by atoms with E-state index in [9.17, 15) is 0 Å². The van der Waals surface area contributed by atoms with Gasteiger partial charge in [0.2, 0.25) is 0 Å². The summed E-state index contributed by atoms with van der Waals surface area (Å²) in [4.78, 5) is 5.16. The largest absolute Gasteiger partial charge is 0.336 e. The Morgan fingerprint density at radius 2 is 1.08 bits per heavy atom. The number of fused-ring (bicyclic) bond motifs is 8. The number of nitrogens with zero attached hydrogens (tertiary/aromatic N) is 2. The van der Waals surface area contributed by atoms with E-state index in [1.54, 1.807) is 0 Å². The molecule has 3 aliphatic carbocycles. The first-order valence-corrected chi connectivity index (χ1v) is 23.1. The van der Waals surface area contributed by atoms with Gasteiger partial charge in [0.05, 0.1) is 0 Å². The van der Waals surface area contributed by atoms with Crippen LogP contribution in [0.15, 0.2) is 151 Å². The highest BCUT2D eigenvalue weighted by Gasteiger charge is 2.47. The van der Waals surface area contributed by atoms with Crippen molar-refractivity contribution >= 4 is 29.2 Å². The van der Waals surface area contributed by atoms with Crippen LogP contribution in [0.4, 0.5) is 17.1 Å². The molecule has 6 aromatic carbocycles. The van der Waals surface area contributed by atoms with Crippen LogP contribution >= 0.6 is 0 Å². The molecule has 0 amide bonds. The van der Waals surface area contributed by atoms with Gasteiger partial charge >= 0.3 is 0 Å². The minimum Gasteiger partial charge on any atom is -0.336 e. The van der Waals surface area contributed by atoms with Crippen molar-refractivity contribution in [2.75, 3.05) is 9.80 Å². The first-order valence-electron chi connectivity index (χ1n) is 23.1. The minimum atomic E-state index is -0.106. The number of allylic oxidation sites excluding steroid dienone is 3. The average molecular weight is 809 g/mol. The molecule has 0 fully saturated rings. The first kappa shape index (κ1) is 39.0. The van der Waals surface area contributed by atoms with Crippen molar-refractivity contribution in [2.24, 2.45) is 5.92 Å². The summed E-state index contributed by atoms with van der Waals surface area (Å²) < 4.78 is 0. The van der Waals surface area contributed by atoms with Crippen LogP contribution in [0.3, 0.4) is 0 Å². The molecule has 0 spiro atoms. The van der Waals surface area contributed by atoms with Crippen LogP contribution in [0, 0.1) is 5.92 Å². The fourth-order valence-electron chi connectivity index (χ4n) is 12.1. The number of para-hydroxylation sites is 2. The Balaban J connectivity index is 0.838. The van der Waals surface area contributed by atoms with Crippen LogP contribution in [0.25, 0.3) is 34.4 Å². The first-order chi connectivity index (χ1) is 29.7. The average Bonchev–Trinajstić information content (AvgIpc) is 3.63. The summed E-state index contributed by atoms with van der Waals surface area (Å²) in [7, 11) is 0. The maximum absolute atomic E-state index is 2.62. The van der Waals surface area contributed by atoms with Gasteiger partial charge in [-0.2, -0.15) is 0 Å². The van der Waals surface area contributed by atoms with Crippen molar-refractivity contribution in [3.05, 3.63) is 196 Å². The van der Waals surface area contributed by atoms with Crippen LogP contribution in [0.5, 0.6) is 0 Å². The topological polar surface area (TPSA) is 6.48 Å². The van der Waals surface area contributed by atoms with Crippen LogP contribution in [0.1, 0.15) is 119 Å². The molecule has 2 nitrogen and oxygen atoms in total. The van der Waals surface area contributed by atoms with E-state index in [1.807, 2.05) is 0 Å². The predicted molar refractivity (Wildman–Crippen MR) is 264 cm³/mol. The molecule has 5 aliphatic rings. The molecular weight excluding hydrogens is 749 g/mol. The second kappa shape index (κ2) is 13.8. The SMILES string of the molecule is CC1(C)c2cc(/C=C/c3ccc4c(c3)C(C)(C)C3C=C(N5c6ccccc6CCC5(C)C)C=CC43)ccc2-c2ccc(-c3ccc(N4c5ccccc5CCC4(C)C)cc3)cc21. The van der Waals surface area contributed by atoms with Crippen LogP contribution < -0.4 is 9.80 Å². The van der Waals surface area contributed by atoms with Crippen molar-refractivity contribution in [1.29, 1.82) is 0 Å². The van der Waals surface area contributed by atoms with E-state index >= 15 is 0 Å². The van der Waals surface area contributed by atoms with E-state index in [4.69, 9.17) is 0 Å². The van der Waals surface area contributed by atoms with Gasteiger partial charge in [-0.15, -0.1) is 0 Å². The zero-order valence-electron chi connectivity index (χ0n) is 37.9. The number of aryl methyl sites for hydroxylation is 2. The lowest BCUT2D eigenvalue weighted by Gasteiger charge is -2.47. The van der Waals surface area contributed by atoms with Crippen LogP contribution in [0.2, 0.25) is 0 Å². The maximum atomic E-state index is 2.62. The van der Waals surface area contributed by atoms with Crippen molar-refractivity contribution in [3.63, 3.8) is 0 Å². The Morgan fingerprint density at radius 3 is 1.76 bits per heavy atom. The molecule has 6 aromatic rings. The molecule has 0 aromatic heterocycles. The molecule has 310 valence electrons. The summed E-state index contributed by atoms with van der Waals surface area (Å²) in [6.07, 6.45) is 16.7. The van der Waals surface area contributed by atoms with Gasteiger partial charge in [-0.1, -0.05) is 149 Å². The number of benzene rings is 6. The Bertz CT molecular complexity index is 2880. The lowest BCUT2D eigenvalue weighted by Crippen LogP contribution is -2.47. The standard InChI is InChI=1S/C60H60N2/c1-57(2)33-31-42-13-9-11-15-55(42)61(57)45-24-21-41(22-25-45)44-23-29-49-47-27-19-39(35-51(47)59(5,6)53(49)37-44)17-18-40-20-28-48-50-30-26-46(38-54(50)60(7,8)52(48)36-40)62-56-16-12-10-14-43(56)32-34-58(62,3)4/h9-30,35-38,50,54H,31-34H2,1-8H3/b18-17+. The second-order valence-corrected chi connectivity index (χ2v) is 21.2. The van der Waals surface area contributed by atoms with Gasteiger partial charge in [0, 0.05) is 45.2 Å². The lowest BCUT2D eigenvalue weighted by molar-refractivity contribution is 0.384. The third-order valence-corrected chi connectivity index (χ3v) is 15.7. The van der Waals surface area contributed by atoms with E-state index in [2.05, 4.69) is 223 Å². The zero-order chi connectivity index (χ0) is 42.8. The monoisotopic (exact) mass is 808 g/mol. The third kappa shape index (κ3) is 6.04. The number of hydrogen-bond acceptors (Lipinski definition) is 2. The number of anilines is 3. The van der Waals surface area contributed by atoms with Gasteiger partial charge in [0.15, 0.2) is 0 Å². The van der Waals surface area contributed by atoms with E-state index in [1.165, 1.54) is 89.5 Å². The molecule has 0 saturated carbocycles. The van der Waals surface area contributed by atoms with Gasteiger partial charge in [0.1, 0.15) is 0 Å². The normalized spacial score (nSPS) is 21.7. The Kier molecular flexibility index (Phi) is 8.70. The number of hydrogen-bond donors (Lipinski definition) is 0. The molecule has 2 heteroatoms. The highest BCUT2D eigenvalue weighted by molar-refractivity contribution is 5.86. The van der Waals surface area contributed by atoms with Gasteiger partial charge in [0.25, 0.3) is 0 Å². The highest BCUT2D eigenvalue weighted by atomic mass is 15.2. The van der Waals surface area contributed by atoms with Crippen molar-refractivity contribution in [3.8, 4) is 22.3 Å².